The van der Waals surface area contributed by atoms with E-state index in [4.69, 9.17) is 19.4 Å². The first-order chi connectivity index (χ1) is 26.3. The Hall–Kier alpha value is -7.17. The molecule has 10 aromatic rings. The molecule has 8 aromatic carbocycles. The number of rotatable bonds is 6. The summed E-state index contributed by atoms with van der Waals surface area (Å²) < 4.78 is 6.56. The maximum absolute atomic E-state index is 6.56. The minimum atomic E-state index is 0.606. The molecule has 0 fully saturated rings. The van der Waals surface area contributed by atoms with Gasteiger partial charge in [-0.25, -0.2) is 15.0 Å². The Kier molecular flexibility index (Phi) is 7.43. The van der Waals surface area contributed by atoms with Gasteiger partial charge in [-0.1, -0.05) is 176 Å². The van der Waals surface area contributed by atoms with Crippen LogP contribution in [-0.4, -0.2) is 15.0 Å². The first-order valence-corrected chi connectivity index (χ1v) is 17.8. The molecule has 0 unspecified atom stereocenters. The van der Waals surface area contributed by atoms with E-state index in [2.05, 4.69) is 133 Å². The van der Waals surface area contributed by atoms with Gasteiger partial charge in [0.1, 0.15) is 11.2 Å². The number of furan rings is 1. The summed E-state index contributed by atoms with van der Waals surface area (Å²) in [6.07, 6.45) is 0. The average Bonchev–Trinajstić information content (AvgIpc) is 3.63. The number of nitrogens with zero attached hydrogens (tertiary/aromatic N) is 3. The first-order valence-electron chi connectivity index (χ1n) is 17.8. The summed E-state index contributed by atoms with van der Waals surface area (Å²) in [7, 11) is 0. The van der Waals surface area contributed by atoms with Crippen molar-refractivity contribution in [3.8, 4) is 67.5 Å². The number of hydrogen-bond donors (Lipinski definition) is 0. The molecule has 10 rings (SSSR count). The van der Waals surface area contributed by atoms with Crippen LogP contribution >= 0.6 is 0 Å². The maximum atomic E-state index is 6.56. The van der Waals surface area contributed by atoms with Gasteiger partial charge in [-0.2, -0.15) is 0 Å². The Balaban J connectivity index is 1.16. The number of aromatic nitrogens is 3. The third kappa shape index (κ3) is 5.54. The van der Waals surface area contributed by atoms with E-state index in [1.807, 2.05) is 54.6 Å². The molecule has 0 saturated carbocycles. The summed E-state index contributed by atoms with van der Waals surface area (Å²) in [4.78, 5) is 15.5. The standard InChI is InChI=1S/C49H31N3O/c1-4-13-32(14-5-1)33-23-25-34(26-24-33)35-27-29-38(30-28-35)48-50-47(37-17-8-3-9-18-37)51-49(52-48)43-31-42-40-19-10-11-22-44(40)53-46(42)41-21-12-20-39(45(41)43)36-15-6-2-7-16-36/h1-31H. The average molecular weight is 678 g/mol. The van der Waals surface area contributed by atoms with Crippen molar-refractivity contribution in [3.05, 3.63) is 188 Å². The fourth-order valence-corrected chi connectivity index (χ4v) is 7.33. The van der Waals surface area contributed by atoms with Crippen LogP contribution in [-0.2, 0) is 0 Å². The zero-order valence-electron chi connectivity index (χ0n) is 28.6. The molecule has 0 spiro atoms. The fourth-order valence-electron chi connectivity index (χ4n) is 7.33. The van der Waals surface area contributed by atoms with Crippen LogP contribution in [0.4, 0.5) is 0 Å². The van der Waals surface area contributed by atoms with Gasteiger partial charge in [-0.15, -0.1) is 0 Å². The van der Waals surface area contributed by atoms with E-state index in [1.165, 1.54) is 11.1 Å². The summed E-state index contributed by atoms with van der Waals surface area (Å²) in [5, 5.41) is 4.14. The van der Waals surface area contributed by atoms with Gasteiger partial charge >= 0.3 is 0 Å². The van der Waals surface area contributed by atoms with Crippen molar-refractivity contribution in [1.82, 2.24) is 15.0 Å². The second-order valence-corrected chi connectivity index (χ2v) is 13.2. The van der Waals surface area contributed by atoms with E-state index < -0.39 is 0 Å². The Morgan fingerprint density at radius 1 is 0.302 bits per heavy atom. The second kappa shape index (κ2) is 12.9. The molecule has 0 aliphatic rings. The van der Waals surface area contributed by atoms with Gasteiger partial charge in [0.05, 0.1) is 0 Å². The highest BCUT2D eigenvalue weighted by atomic mass is 16.3. The maximum Gasteiger partial charge on any atom is 0.164 e. The van der Waals surface area contributed by atoms with Crippen LogP contribution in [0, 0.1) is 0 Å². The van der Waals surface area contributed by atoms with Crippen molar-refractivity contribution >= 4 is 32.7 Å². The molecule has 2 aromatic heterocycles. The molecule has 0 amide bonds. The lowest BCUT2D eigenvalue weighted by molar-refractivity contribution is 0.672. The lowest BCUT2D eigenvalue weighted by atomic mass is 9.92. The number of hydrogen-bond acceptors (Lipinski definition) is 4. The van der Waals surface area contributed by atoms with Gasteiger partial charge in [-0.05, 0) is 45.5 Å². The summed E-state index contributed by atoms with van der Waals surface area (Å²) in [6.45, 7) is 0. The predicted molar refractivity (Wildman–Crippen MR) is 217 cm³/mol. The third-order valence-corrected chi connectivity index (χ3v) is 9.96. The molecule has 0 bridgehead atoms. The smallest absolute Gasteiger partial charge is 0.164 e. The Morgan fingerprint density at radius 3 is 1.38 bits per heavy atom. The second-order valence-electron chi connectivity index (χ2n) is 13.2. The molecule has 0 saturated heterocycles. The Morgan fingerprint density at radius 2 is 0.755 bits per heavy atom. The van der Waals surface area contributed by atoms with Gasteiger partial charge in [-0.3, -0.25) is 0 Å². The molecule has 0 N–H and O–H groups in total. The number of fused-ring (bicyclic) bond motifs is 5. The largest absolute Gasteiger partial charge is 0.455 e. The fraction of sp³-hybridized carbons (Fsp3) is 0. The summed E-state index contributed by atoms with van der Waals surface area (Å²) in [6, 6.07) is 65.1. The zero-order valence-corrected chi connectivity index (χ0v) is 28.6. The molecule has 0 radical (unpaired) electrons. The quantitative estimate of drug-likeness (QED) is 0.176. The Labute approximate surface area is 306 Å². The Bertz CT molecular complexity index is 2900. The summed E-state index contributed by atoms with van der Waals surface area (Å²) >= 11 is 0. The highest BCUT2D eigenvalue weighted by Gasteiger charge is 2.21. The van der Waals surface area contributed by atoms with Gasteiger partial charge in [0, 0.05) is 38.2 Å². The van der Waals surface area contributed by atoms with Gasteiger partial charge < -0.3 is 4.42 Å². The van der Waals surface area contributed by atoms with Crippen LogP contribution in [0.25, 0.3) is 100 Å². The van der Waals surface area contributed by atoms with Crippen molar-refractivity contribution in [2.75, 3.05) is 0 Å². The van der Waals surface area contributed by atoms with Crippen molar-refractivity contribution < 1.29 is 4.42 Å². The van der Waals surface area contributed by atoms with E-state index >= 15 is 0 Å². The molecule has 53 heavy (non-hydrogen) atoms. The SMILES string of the molecule is c1ccc(-c2ccc(-c3ccc(-c4nc(-c5ccccc5)nc(-c5cc6c7ccccc7oc6c6cccc(-c7ccccc7)c56)n4)cc3)cc2)cc1. The first kappa shape index (κ1) is 30.6. The van der Waals surface area contributed by atoms with Crippen LogP contribution in [0.15, 0.2) is 192 Å². The predicted octanol–water partition coefficient (Wildman–Crippen LogP) is 12.9. The van der Waals surface area contributed by atoms with Gasteiger partial charge in [0.15, 0.2) is 17.5 Å². The molecular weight excluding hydrogens is 647 g/mol. The normalized spacial score (nSPS) is 11.4. The van der Waals surface area contributed by atoms with E-state index in [-0.39, 0.29) is 0 Å². The lowest BCUT2D eigenvalue weighted by Crippen LogP contribution is -2.01. The minimum Gasteiger partial charge on any atom is -0.455 e. The van der Waals surface area contributed by atoms with Crippen LogP contribution in [0.1, 0.15) is 0 Å². The van der Waals surface area contributed by atoms with Crippen LogP contribution in [0.2, 0.25) is 0 Å². The molecule has 4 heteroatoms. The molecular formula is C49H31N3O. The minimum absolute atomic E-state index is 0.606. The van der Waals surface area contributed by atoms with E-state index in [0.717, 1.165) is 71.7 Å². The molecule has 248 valence electrons. The van der Waals surface area contributed by atoms with Crippen molar-refractivity contribution in [2.24, 2.45) is 0 Å². The highest BCUT2D eigenvalue weighted by Crippen LogP contribution is 2.43. The highest BCUT2D eigenvalue weighted by molar-refractivity contribution is 6.21. The van der Waals surface area contributed by atoms with E-state index in [1.54, 1.807) is 0 Å². The number of benzene rings is 8. The molecule has 2 heterocycles. The van der Waals surface area contributed by atoms with Crippen molar-refractivity contribution in [3.63, 3.8) is 0 Å². The molecule has 4 nitrogen and oxygen atoms in total. The number of para-hydroxylation sites is 1. The van der Waals surface area contributed by atoms with Crippen LogP contribution in [0.3, 0.4) is 0 Å². The van der Waals surface area contributed by atoms with E-state index in [0.29, 0.717) is 17.5 Å². The monoisotopic (exact) mass is 677 g/mol. The summed E-state index contributed by atoms with van der Waals surface area (Å²) in [5.74, 6) is 1.84. The molecule has 0 atom stereocenters. The lowest BCUT2D eigenvalue weighted by Gasteiger charge is -2.14. The third-order valence-electron chi connectivity index (χ3n) is 9.96. The van der Waals surface area contributed by atoms with Gasteiger partial charge in [0.2, 0.25) is 0 Å². The zero-order chi connectivity index (χ0) is 35.1. The van der Waals surface area contributed by atoms with E-state index in [9.17, 15) is 0 Å². The molecule has 0 aliphatic heterocycles. The van der Waals surface area contributed by atoms with Crippen LogP contribution in [0.5, 0.6) is 0 Å². The molecule has 0 aliphatic carbocycles. The van der Waals surface area contributed by atoms with Gasteiger partial charge in [0.25, 0.3) is 0 Å². The van der Waals surface area contributed by atoms with Crippen molar-refractivity contribution in [1.29, 1.82) is 0 Å². The van der Waals surface area contributed by atoms with Crippen molar-refractivity contribution in [2.45, 2.75) is 0 Å². The topological polar surface area (TPSA) is 51.8 Å². The summed E-state index contributed by atoms with van der Waals surface area (Å²) in [5.41, 5.74) is 11.3. The van der Waals surface area contributed by atoms with Crippen LogP contribution < -0.4 is 0 Å².